The average Bonchev–Trinajstić information content (AvgIpc) is 3.03. The number of nitrogens with one attached hydrogen (secondary N) is 2. The van der Waals surface area contributed by atoms with Gasteiger partial charge in [-0.05, 0) is 74.6 Å². The lowest BCUT2D eigenvalue weighted by Crippen LogP contribution is -2.47. The number of hydrogen-bond acceptors (Lipinski definition) is 3. The van der Waals surface area contributed by atoms with Crippen molar-refractivity contribution in [2.24, 2.45) is 5.73 Å². The van der Waals surface area contributed by atoms with E-state index in [-0.39, 0.29) is 17.3 Å². The molecular weight excluding hydrogens is 389 g/mol. The molecule has 2 aromatic carbocycles. The first-order chi connectivity index (χ1) is 14.8. The lowest BCUT2D eigenvalue weighted by Gasteiger charge is -2.25. The molecule has 0 atom stereocenters. The van der Waals surface area contributed by atoms with Gasteiger partial charge in [-0.2, -0.15) is 0 Å². The smallest absolute Gasteiger partial charge is 0.247 e. The molecule has 4 nitrogen and oxygen atoms in total. The Morgan fingerprint density at radius 1 is 1.13 bits per heavy atom. The molecule has 0 radical (unpaired) electrons. The minimum atomic E-state index is -0.312. The Balaban J connectivity index is 1.68. The fourth-order valence-corrected chi connectivity index (χ4v) is 3.90. The summed E-state index contributed by atoms with van der Waals surface area (Å²) >= 11 is 0. The van der Waals surface area contributed by atoms with Crippen molar-refractivity contribution in [2.45, 2.75) is 45.6 Å². The Morgan fingerprint density at radius 3 is 2.42 bits per heavy atom. The molecule has 0 saturated carbocycles. The summed E-state index contributed by atoms with van der Waals surface area (Å²) in [5, 5.41) is 6.33. The Bertz CT molecular complexity index is 1030. The number of rotatable bonds is 7. The Labute approximate surface area is 183 Å². The first-order valence-corrected chi connectivity index (χ1v) is 10.6. The quantitative estimate of drug-likeness (QED) is 0.437. The van der Waals surface area contributed by atoms with Crippen LogP contribution >= 0.6 is 0 Å². The number of halogens is 1. The van der Waals surface area contributed by atoms with Crippen LogP contribution in [0.4, 0.5) is 10.1 Å². The maximum absolute atomic E-state index is 13.5. The van der Waals surface area contributed by atoms with E-state index in [1.807, 2.05) is 25.1 Å². The number of carbonyl (C=O) groups excluding carboxylic acids is 1. The molecule has 0 heterocycles. The third-order valence-electron chi connectivity index (χ3n) is 5.30. The van der Waals surface area contributed by atoms with E-state index < -0.39 is 0 Å². The number of nitrogens with two attached hydrogens (primary N) is 1. The molecule has 1 aliphatic rings. The second-order valence-corrected chi connectivity index (χ2v) is 8.31. The van der Waals surface area contributed by atoms with Gasteiger partial charge in [-0.3, -0.25) is 4.79 Å². The number of carbonyl (C=O) groups is 1. The monoisotopic (exact) mass is 419 g/mol. The molecule has 1 aliphatic carbocycles. The summed E-state index contributed by atoms with van der Waals surface area (Å²) in [6.45, 7) is 5.83. The SMILES string of the molecule is CC/C=C(/C=C(N)\C=C(/C)C(=O)NC1(C)Cc2ccccc2C1)Nc1cccc(F)c1. The zero-order valence-electron chi connectivity index (χ0n) is 18.3. The summed E-state index contributed by atoms with van der Waals surface area (Å²) < 4.78 is 13.5. The number of hydrogen-bond donors (Lipinski definition) is 3. The maximum Gasteiger partial charge on any atom is 0.247 e. The van der Waals surface area contributed by atoms with E-state index in [9.17, 15) is 9.18 Å². The van der Waals surface area contributed by atoms with E-state index in [1.165, 1.54) is 23.3 Å². The Kier molecular flexibility index (Phi) is 6.95. The van der Waals surface area contributed by atoms with Gasteiger partial charge in [0, 0.05) is 28.2 Å². The van der Waals surface area contributed by atoms with Crippen molar-refractivity contribution >= 4 is 11.6 Å². The third-order valence-corrected chi connectivity index (χ3v) is 5.30. The molecular formula is C26H30FN3O. The van der Waals surface area contributed by atoms with E-state index in [2.05, 4.69) is 29.7 Å². The molecule has 0 saturated heterocycles. The van der Waals surface area contributed by atoms with Crippen LogP contribution in [0.25, 0.3) is 0 Å². The van der Waals surface area contributed by atoms with Gasteiger partial charge in [0.05, 0.1) is 0 Å². The third kappa shape index (κ3) is 6.07. The zero-order valence-corrected chi connectivity index (χ0v) is 18.3. The maximum atomic E-state index is 13.5. The highest BCUT2D eigenvalue weighted by Gasteiger charge is 2.34. The van der Waals surface area contributed by atoms with Crippen LogP contribution in [0, 0.1) is 5.82 Å². The van der Waals surface area contributed by atoms with Gasteiger partial charge in [0.15, 0.2) is 0 Å². The lowest BCUT2D eigenvalue weighted by atomic mass is 9.98. The molecule has 0 fully saturated rings. The van der Waals surface area contributed by atoms with Crippen molar-refractivity contribution in [3.8, 4) is 0 Å². The topological polar surface area (TPSA) is 67.2 Å². The van der Waals surface area contributed by atoms with Crippen LogP contribution < -0.4 is 16.4 Å². The minimum Gasteiger partial charge on any atom is -0.399 e. The van der Waals surface area contributed by atoms with E-state index in [1.54, 1.807) is 31.2 Å². The highest BCUT2D eigenvalue weighted by Crippen LogP contribution is 2.29. The number of fused-ring (bicyclic) bond motifs is 1. The largest absolute Gasteiger partial charge is 0.399 e. The molecule has 31 heavy (non-hydrogen) atoms. The van der Waals surface area contributed by atoms with E-state index in [0.29, 0.717) is 17.0 Å². The van der Waals surface area contributed by atoms with E-state index in [0.717, 1.165) is 25.0 Å². The second-order valence-electron chi connectivity index (χ2n) is 8.31. The molecule has 0 bridgehead atoms. The van der Waals surface area contributed by atoms with Crippen LogP contribution in [0.3, 0.4) is 0 Å². The molecule has 4 N–H and O–H groups in total. The molecule has 0 spiro atoms. The molecule has 5 heteroatoms. The van der Waals surface area contributed by atoms with Crippen LogP contribution in [0.5, 0.6) is 0 Å². The number of amides is 1. The van der Waals surface area contributed by atoms with Gasteiger partial charge in [-0.1, -0.05) is 43.3 Å². The van der Waals surface area contributed by atoms with Gasteiger partial charge >= 0.3 is 0 Å². The number of anilines is 1. The second kappa shape index (κ2) is 9.65. The first kappa shape index (κ1) is 22.3. The van der Waals surface area contributed by atoms with Crippen LogP contribution in [0.2, 0.25) is 0 Å². The fourth-order valence-electron chi connectivity index (χ4n) is 3.90. The average molecular weight is 420 g/mol. The van der Waals surface area contributed by atoms with Crippen molar-refractivity contribution in [3.05, 3.63) is 101 Å². The van der Waals surface area contributed by atoms with Crippen LogP contribution in [0.1, 0.15) is 38.3 Å². The molecule has 0 aromatic heterocycles. The molecule has 1 amide bonds. The number of benzene rings is 2. The van der Waals surface area contributed by atoms with E-state index >= 15 is 0 Å². The molecule has 0 unspecified atom stereocenters. The Morgan fingerprint density at radius 2 is 1.81 bits per heavy atom. The molecule has 0 aliphatic heterocycles. The predicted octanol–water partition coefficient (Wildman–Crippen LogP) is 4.99. The van der Waals surface area contributed by atoms with Gasteiger partial charge in [0.2, 0.25) is 5.91 Å². The summed E-state index contributed by atoms with van der Waals surface area (Å²) in [6, 6.07) is 14.5. The zero-order chi connectivity index (χ0) is 22.4. The van der Waals surface area contributed by atoms with Crippen molar-refractivity contribution in [1.29, 1.82) is 0 Å². The summed E-state index contributed by atoms with van der Waals surface area (Å²) in [6.07, 6.45) is 7.78. The normalized spacial score (nSPS) is 16.1. The van der Waals surface area contributed by atoms with Crippen LogP contribution in [-0.4, -0.2) is 11.4 Å². The van der Waals surface area contributed by atoms with E-state index in [4.69, 9.17) is 5.73 Å². The molecule has 2 aromatic rings. The van der Waals surface area contributed by atoms with Gasteiger partial charge in [0.1, 0.15) is 5.82 Å². The van der Waals surface area contributed by atoms with Crippen molar-refractivity contribution < 1.29 is 9.18 Å². The summed E-state index contributed by atoms with van der Waals surface area (Å²) in [7, 11) is 0. The lowest BCUT2D eigenvalue weighted by molar-refractivity contribution is -0.119. The van der Waals surface area contributed by atoms with Crippen molar-refractivity contribution in [2.75, 3.05) is 5.32 Å². The molecule has 162 valence electrons. The predicted molar refractivity (Wildman–Crippen MR) is 125 cm³/mol. The van der Waals surface area contributed by atoms with Crippen molar-refractivity contribution in [3.63, 3.8) is 0 Å². The standard InChI is InChI=1S/C26H30FN3O/c1-4-8-23(29-24-12-7-11-21(27)14-24)15-22(28)13-18(2)25(31)30-26(3)16-19-9-5-6-10-20(19)17-26/h5-15,29H,4,16-17,28H2,1-3H3,(H,30,31)/b18-13+,22-15+,23-8-. The van der Waals surface area contributed by atoms with Gasteiger partial charge < -0.3 is 16.4 Å². The summed E-state index contributed by atoms with van der Waals surface area (Å²) in [5.74, 6) is -0.446. The minimum absolute atomic E-state index is 0.134. The highest BCUT2D eigenvalue weighted by atomic mass is 19.1. The summed E-state index contributed by atoms with van der Waals surface area (Å²) in [4.78, 5) is 12.8. The van der Waals surface area contributed by atoms with Crippen LogP contribution in [0.15, 0.2) is 83.7 Å². The highest BCUT2D eigenvalue weighted by molar-refractivity contribution is 5.94. The van der Waals surface area contributed by atoms with Crippen molar-refractivity contribution in [1.82, 2.24) is 5.32 Å². The van der Waals surface area contributed by atoms with Gasteiger partial charge in [-0.25, -0.2) is 4.39 Å². The fraction of sp³-hybridized carbons (Fsp3) is 0.269. The molecule has 3 rings (SSSR count). The summed E-state index contributed by atoms with van der Waals surface area (Å²) in [5.41, 5.74) is 10.8. The first-order valence-electron chi connectivity index (χ1n) is 10.6. The van der Waals surface area contributed by atoms with Gasteiger partial charge in [-0.15, -0.1) is 0 Å². The number of allylic oxidation sites excluding steroid dienone is 3. The van der Waals surface area contributed by atoms with Crippen LogP contribution in [-0.2, 0) is 17.6 Å². The Hall–Kier alpha value is -3.34. The van der Waals surface area contributed by atoms with Gasteiger partial charge in [0.25, 0.3) is 0 Å².